The van der Waals surface area contributed by atoms with Crippen molar-refractivity contribution < 1.29 is 84.8 Å². The van der Waals surface area contributed by atoms with Crippen molar-refractivity contribution in [3.8, 4) is 28.7 Å². The lowest BCUT2D eigenvalue weighted by molar-refractivity contribution is -0.135. The van der Waals surface area contributed by atoms with Crippen molar-refractivity contribution in [2.75, 3.05) is 20.0 Å². The SMILES string of the molecule is CC(=O)Oc1ccc(C[C@@](C)(N)C(C)=O)cc1.CC(=O)Oc1ccc(C[C@](N)(CF)C(C)=O)cc1.CCC(=O)Oc1ccc(C[C@@](C)(N)C(C)=O)cc1.CCC(=O)Oc1ccc(C[C@](N)(CF)C(C)=O)cc1.CCCC(=O)Oc1ccc(C[C@](N)(CF)C(C)=O)cc1. The molecule has 0 radical (unpaired) electrons. The van der Waals surface area contributed by atoms with Crippen LogP contribution in [0.3, 0.4) is 0 Å². The standard InChI is InChI=1S/C15H20FNO3.C14H18FNO3.C14H19NO3.C13H16FNO3.C13H17NO3/c1-3-4-14(19)20-13-7-5-12(6-8-13)9-15(17,10-16)11(2)18;1-3-13(18)19-12-6-4-11(5-7-12)8-14(16,9-15)10(2)17;1-4-13(17)18-12-7-5-11(6-8-12)9-14(3,15)10(2)16;1-9(16)13(15,8-14)7-11-3-5-12(6-4-11)18-10(2)17;1-9(15)13(3,14)8-11-4-6-12(7-5-11)17-10(2)16/h5-8H,3-4,9-10,17H2,1-2H3;4-7H,3,8-9,16H2,1-2H3;5-8H,4,9,15H2,1-3H3;3-6H,7-8,15H2,1-2H3;4-7H,8,14H2,1-3H3/t15-;2*14-;2*13-/m00101/s1. The van der Waals surface area contributed by atoms with Crippen LogP contribution in [-0.4, -0.2) is 106 Å². The highest BCUT2D eigenvalue weighted by Crippen LogP contribution is 2.23. The van der Waals surface area contributed by atoms with Crippen LogP contribution >= 0.6 is 0 Å². The molecule has 5 aromatic rings. The Bertz CT molecular complexity index is 3230. The molecule has 0 aliphatic rings. The minimum atomic E-state index is -1.49. The number of ether oxygens (including phenoxy) is 5. The zero-order valence-electron chi connectivity index (χ0n) is 54.7. The Balaban J connectivity index is 0.000000576. The number of rotatable bonds is 27. The number of Topliss-reactive ketones (excluding diaryl/α,β-unsaturated/α-hetero) is 5. The molecule has 5 aromatic carbocycles. The van der Waals surface area contributed by atoms with Crippen LogP contribution in [0.2, 0.25) is 0 Å². The molecule has 0 spiro atoms. The van der Waals surface area contributed by atoms with Crippen molar-refractivity contribution >= 4 is 58.8 Å². The molecule has 20 nitrogen and oxygen atoms in total. The van der Waals surface area contributed by atoms with E-state index in [0.29, 0.717) is 72.0 Å². The summed E-state index contributed by atoms with van der Waals surface area (Å²) in [5.41, 5.74) is 26.7. The molecule has 0 fully saturated rings. The number of hydrogen-bond donors (Lipinski definition) is 5. The van der Waals surface area contributed by atoms with Crippen molar-refractivity contribution in [3.05, 3.63) is 149 Å². The molecule has 0 amide bonds. The molecular weight excluding hydrogens is 1200 g/mol. The van der Waals surface area contributed by atoms with Crippen molar-refractivity contribution in [2.24, 2.45) is 28.7 Å². The molecule has 0 saturated heterocycles. The van der Waals surface area contributed by atoms with E-state index in [1.807, 2.05) is 19.1 Å². The van der Waals surface area contributed by atoms with E-state index < -0.39 is 71.0 Å². The molecule has 0 bridgehead atoms. The summed E-state index contributed by atoms with van der Waals surface area (Å²) in [4.78, 5) is 112. The van der Waals surface area contributed by atoms with Gasteiger partial charge in [-0.3, -0.25) is 47.9 Å². The number of carbonyl (C=O) groups is 10. The number of esters is 5. The average Bonchev–Trinajstić information content (AvgIpc) is 1.09. The summed E-state index contributed by atoms with van der Waals surface area (Å²) in [5, 5.41) is 0. The molecule has 0 aliphatic carbocycles. The average molecular weight is 1290 g/mol. The first-order valence-corrected chi connectivity index (χ1v) is 29.5. The maximum atomic E-state index is 12.9. The third-order valence-electron chi connectivity index (χ3n) is 14.0. The number of nitrogens with two attached hydrogens (primary N) is 5. The number of carbonyl (C=O) groups excluding carboxylic acids is 10. The Labute approximate surface area is 536 Å². The normalized spacial score (nSPS) is 13.7. The van der Waals surface area contributed by atoms with Crippen LogP contribution in [0.15, 0.2) is 121 Å². The fourth-order valence-electron chi connectivity index (χ4n) is 7.49. The molecular formula is C69H90F3N5O15. The van der Waals surface area contributed by atoms with E-state index in [1.54, 1.807) is 137 Å². The Hall–Kier alpha value is -8.61. The molecule has 5 rings (SSSR count). The van der Waals surface area contributed by atoms with Crippen LogP contribution in [0.5, 0.6) is 28.7 Å². The van der Waals surface area contributed by atoms with Gasteiger partial charge in [-0.15, -0.1) is 0 Å². The molecule has 92 heavy (non-hydrogen) atoms. The zero-order valence-corrected chi connectivity index (χ0v) is 54.7. The van der Waals surface area contributed by atoms with Gasteiger partial charge in [0.2, 0.25) is 0 Å². The summed E-state index contributed by atoms with van der Waals surface area (Å²) < 4.78 is 63.5. The van der Waals surface area contributed by atoms with E-state index in [0.717, 1.165) is 23.1 Å². The molecule has 10 N–H and O–H groups in total. The van der Waals surface area contributed by atoms with E-state index in [1.165, 1.54) is 48.5 Å². The van der Waals surface area contributed by atoms with Crippen LogP contribution in [-0.2, 0) is 80.0 Å². The van der Waals surface area contributed by atoms with Gasteiger partial charge in [0.15, 0.2) is 17.3 Å². The highest BCUT2D eigenvalue weighted by Gasteiger charge is 2.33. The highest BCUT2D eigenvalue weighted by atomic mass is 19.1. The van der Waals surface area contributed by atoms with Crippen molar-refractivity contribution in [1.29, 1.82) is 0 Å². The first-order valence-electron chi connectivity index (χ1n) is 29.5. The highest BCUT2D eigenvalue weighted by molar-refractivity contribution is 5.88. The van der Waals surface area contributed by atoms with E-state index in [9.17, 15) is 61.1 Å². The summed E-state index contributed by atoms with van der Waals surface area (Å²) in [6.45, 7) is 15.5. The lowest BCUT2D eigenvalue weighted by Gasteiger charge is -2.22. The van der Waals surface area contributed by atoms with Gasteiger partial charge >= 0.3 is 29.8 Å². The largest absolute Gasteiger partial charge is 0.427 e. The Morgan fingerprint density at radius 2 is 0.533 bits per heavy atom. The summed E-state index contributed by atoms with van der Waals surface area (Å²) >= 11 is 0. The minimum Gasteiger partial charge on any atom is -0.427 e. The lowest BCUT2D eigenvalue weighted by Crippen LogP contribution is -2.50. The van der Waals surface area contributed by atoms with E-state index in [-0.39, 0.29) is 54.7 Å². The topological polar surface area (TPSA) is 347 Å². The minimum absolute atomic E-state index is 0.0519. The number of alkyl halides is 3. The van der Waals surface area contributed by atoms with E-state index >= 15 is 0 Å². The Kier molecular flexibility index (Phi) is 34.5. The predicted octanol–water partition coefficient (Wildman–Crippen LogP) is 8.71. The summed E-state index contributed by atoms with van der Waals surface area (Å²) in [6.07, 6.45) is 2.98. The van der Waals surface area contributed by atoms with Crippen LogP contribution < -0.4 is 52.4 Å². The van der Waals surface area contributed by atoms with Gasteiger partial charge in [-0.05, 0) is 156 Å². The Morgan fingerprint density at radius 1 is 0.326 bits per heavy atom. The Morgan fingerprint density at radius 3 is 0.707 bits per heavy atom. The molecule has 0 aromatic heterocycles. The smallest absolute Gasteiger partial charge is 0.311 e. The van der Waals surface area contributed by atoms with E-state index in [2.05, 4.69) is 0 Å². The van der Waals surface area contributed by atoms with Gasteiger partial charge in [-0.2, -0.15) is 0 Å². The maximum Gasteiger partial charge on any atom is 0.311 e. The van der Waals surface area contributed by atoms with Gasteiger partial charge < -0.3 is 52.4 Å². The molecule has 0 unspecified atom stereocenters. The monoisotopic (exact) mass is 1290 g/mol. The second-order valence-corrected chi connectivity index (χ2v) is 22.7. The lowest BCUT2D eigenvalue weighted by atomic mass is 9.89. The van der Waals surface area contributed by atoms with Gasteiger partial charge in [0.1, 0.15) is 77.0 Å². The third kappa shape index (κ3) is 30.0. The van der Waals surface area contributed by atoms with Gasteiger partial charge in [0, 0.05) is 52.4 Å². The number of halogens is 3. The first-order chi connectivity index (χ1) is 42.8. The van der Waals surface area contributed by atoms with Crippen molar-refractivity contribution in [3.63, 3.8) is 0 Å². The summed E-state index contributed by atoms with van der Waals surface area (Å²) in [5.74, 6) is -0.696. The molecule has 0 heterocycles. The molecule has 0 saturated carbocycles. The van der Waals surface area contributed by atoms with Crippen molar-refractivity contribution in [1.82, 2.24) is 0 Å². The number of hydrogen-bond acceptors (Lipinski definition) is 20. The zero-order chi connectivity index (χ0) is 70.2. The molecule has 23 heteroatoms. The van der Waals surface area contributed by atoms with Gasteiger partial charge in [0.25, 0.3) is 0 Å². The van der Waals surface area contributed by atoms with Gasteiger partial charge in [-0.25, -0.2) is 13.2 Å². The summed E-state index contributed by atoms with van der Waals surface area (Å²) in [6, 6.07) is 33.6. The second-order valence-electron chi connectivity index (χ2n) is 22.7. The first kappa shape index (κ1) is 81.4. The van der Waals surface area contributed by atoms with E-state index in [4.69, 9.17) is 52.4 Å². The van der Waals surface area contributed by atoms with Crippen molar-refractivity contribution in [2.45, 2.75) is 169 Å². The van der Waals surface area contributed by atoms with Crippen LogP contribution in [0.1, 0.15) is 137 Å². The predicted molar refractivity (Wildman–Crippen MR) is 343 cm³/mol. The molecule has 5 atom stereocenters. The third-order valence-corrected chi connectivity index (χ3v) is 14.0. The maximum absolute atomic E-state index is 12.9. The fraction of sp³-hybridized carbons (Fsp3) is 0.420. The van der Waals surface area contributed by atoms with Crippen LogP contribution in [0.25, 0.3) is 0 Å². The van der Waals surface area contributed by atoms with Gasteiger partial charge in [-0.1, -0.05) is 81.4 Å². The quantitative estimate of drug-likeness (QED) is 0.0242. The van der Waals surface area contributed by atoms with Gasteiger partial charge in [0.05, 0.1) is 11.1 Å². The number of benzene rings is 5. The van der Waals surface area contributed by atoms with Crippen LogP contribution in [0.4, 0.5) is 13.2 Å². The number of ketones is 5. The second kappa shape index (κ2) is 38.9. The summed E-state index contributed by atoms with van der Waals surface area (Å²) in [7, 11) is 0. The molecule has 0 aliphatic heterocycles. The molecule has 502 valence electrons. The van der Waals surface area contributed by atoms with Crippen LogP contribution in [0, 0.1) is 0 Å². The fourth-order valence-corrected chi connectivity index (χ4v) is 7.49.